The van der Waals surface area contributed by atoms with E-state index in [0.717, 1.165) is 0 Å². The van der Waals surface area contributed by atoms with Gasteiger partial charge in [0.05, 0.1) is 5.02 Å². The molecule has 0 unspecified atom stereocenters. The van der Waals surface area contributed by atoms with Crippen molar-refractivity contribution in [1.82, 2.24) is 10.3 Å². The van der Waals surface area contributed by atoms with Gasteiger partial charge in [0, 0.05) is 6.54 Å². The number of aromatic nitrogens is 1. The van der Waals surface area contributed by atoms with Crippen LogP contribution in [0, 0.1) is 5.82 Å². The number of amides is 1. The molecule has 1 amide bonds. The molecule has 0 spiro atoms. The van der Waals surface area contributed by atoms with Crippen LogP contribution < -0.4 is 16.6 Å². The van der Waals surface area contributed by atoms with E-state index in [-0.39, 0.29) is 23.1 Å². The SMILES string of the molecule is NNc1ccc(Cl)c(C(=O)NCCc2ccccc2F)n1. The number of rotatable bonds is 5. The summed E-state index contributed by atoms with van der Waals surface area (Å²) in [4.78, 5) is 16.0. The van der Waals surface area contributed by atoms with Crippen LogP contribution >= 0.6 is 11.6 Å². The average Bonchev–Trinajstić information content (AvgIpc) is 2.49. The first-order valence-electron chi connectivity index (χ1n) is 6.26. The minimum atomic E-state index is -0.437. The molecule has 0 aliphatic rings. The Hall–Kier alpha value is -2.18. The fraction of sp³-hybridized carbons (Fsp3) is 0.143. The number of nitrogen functional groups attached to an aromatic ring is 1. The summed E-state index contributed by atoms with van der Waals surface area (Å²) in [6.07, 6.45) is 0.380. The minimum absolute atomic E-state index is 0.0700. The Morgan fingerprint density at radius 3 is 2.76 bits per heavy atom. The van der Waals surface area contributed by atoms with Gasteiger partial charge in [0.1, 0.15) is 17.3 Å². The molecular weight excluding hydrogens is 295 g/mol. The fourth-order valence-electron chi connectivity index (χ4n) is 1.78. The van der Waals surface area contributed by atoms with Crippen LogP contribution in [0.5, 0.6) is 0 Å². The Kier molecular flexibility index (Phi) is 5.08. The summed E-state index contributed by atoms with van der Waals surface area (Å²) in [5.74, 6) is 4.83. The number of hydrazine groups is 1. The summed E-state index contributed by atoms with van der Waals surface area (Å²) >= 11 is 5.92. The van der Waals surface area contributed by atoms with Crippen LogP contribution in [0.25, 0.3) is 0 Å². The van der Waals surface area contributed by atoms with Crippen molar-refractivity contribution in [2.24, 2.45) is 5.84 Å². The van der Waals surface area contributed by atoms with Crippen LogP contribution in [-0.2, 0) is 6.42 Å². The second kappa shape index (κ2) is 7.01. The van der Waals surface area contributed by atoms with Crippen molar-refractivity contribution in [3.8, 4) is 0 Å². The lowest BCUT2D eigenvalue weighted by Gasteiger charge is -2.08. The van der Waals surface area contributed by atoms with Crippen molar-refractivity contribution in [2.45, 2.75) is 6.42 Å². The summed E-state index contributed by atoms with van der Waals surface area (Å²) in [5, 5.41) is 2.87. The Labute approximate surface area is 126 Å². The standard InChI is InChI=1S/C14H14ClFN4O/c15-10-5-6-12(20-17)19-13(10)14(21)18-8-7-9-3-1-2-4-11(9)16/h1-6H,7-8,17H2,(H,18,21)(H,19,20). The second-order valence-electron chi connectivity index (χ2n) is 4.27. The number of carbonyl (C=O) groups excluding carboxylic acids is 1. The third kappa shape index (κ3) is 3.90. The number of anilines is 1. The van der Waals surface area contributed by atoms with Crippen LogP contribution in [0.15, 0.2) is 36.4 Å². The number of hydrogen-bond acceptors (Lipinski definition) is 4. The number of nitrogens with zero attached hydrogens (tertiary/aromatic N) is 1. The first-order valence-corrected chi connectivity index (χ1v) is 6.64. The maximum absolute atomic E-state index is 13.4. The molecule has 0 fully saturated rings. The molecule has 0 radical (unpaired) electrons. The molecule has 0 atom stereocenters. The lowest BCUT2D eigenvalue weighted by atomic mass is 10.1. The van der Waals surface area contributed by atoms with Gasteiger partial charge >= 0.3 is 0 Å². The van der Waals surface area contributed by atoms with E-state index >= 15 is 0 Å². The Balaban J connectivity index is 1.98. The minimum Gasteiger partial charge on any atom is -0.350 e. The maximum atomic E-state index is 13.4. The van der Waals surface area contributed by atoms with E-state index in [0.29, 0.717) is 17.8 Å². The third-order valence-corrected chi connectivity index (χ3v) is 3.15. The number of benzene rings is 1. The lowest BCUT2D eigenvalue weighted by Crippen LogP contribution is -2.27. The molecule has 0 saturated heterocycles. The molecular formula is C14H14ClFN4O. The van der Waals surface area contributed by atoms with Crippen LogP contribution in [0.1, 0.15) is 16.1 Å². The van der Waals surface area contributed by atoms with E-state index in [1.54, 1.807) is 24.3 Å². The summed E-state index contributed by atoms with van der Waals surface area (Å²) in [6.45, 7) is 0.276. The van der Waals surface area contributed by atoms with Crippen LogP contribution in [0.2, 0.25) is 5.02 Å². The van der Waals surface area contributed by atoms with Crippen molar-refractivity contribution in [3.05, 3.63) is 58.5 Å². The first kappa shape index (κ1) is 15.2. The summed E-state index contributed by atoms with van der Waals surface area (Å²) in [6, 6.07) is 9.49. The molecule has 0 bridgehead atoms. The van der Waals surface area contributed by atoms with Crippen molar-refractivity contribution in [2.75, 3.05) is 12.0 Å². The molecule has 0 aliphatic heterocycles. The van der Waals surface area contributed by atoms with Crippen molar-refractivity contribution < 1.29 is 9.18 Å². The summed E-state index contributed by atoms with van der Waals surface area (Å²) in [7, 11) is 0. The van der Waals surface area contributed by atoms with Gasteiger partial charge in [-0.15, -0.1) is 0 Å². The predicted octanol–water partition coefficient (Wildman–Crippen LogP) is 2.13. The van der Waals surface area contributed by atoms with Crippen molar-refractivity contribution >= 4 is 23.3 Å². The number of nitrogens with one attached hydrogen (secondary N) is 2. The molecule has 110 valence electrons. The Morgan fingerprint density at radius 1 is 1.29 bits per heavy atom. The van der Waals surface area contributed by atoms with E-state index in [1.807, 2.05) is 0 Å². The Bertz CT molecular complexity index is 651. The number of hydrogen-bond donors (Lipinski definition) is 3. The molecule has 1 heterocycles. The van der Waals surface area contributed by atoms with Crippen molar-refractivity contribution in [1.29, 1.82) is 0 Å². The van der Waals surface area contributed by atoms with Gasteiger partial charge in [0.2, 0.25) is 0 Å². The topological polar surface area (TPSA) is 80.0 Å². The number of nitrogens with two attached hydrogens (primary N) is 1. The molecule has 4 N–H and O–H groups in total. The van der Waals surface area contributed by atoms with E-state index in [2.05, 4.69) is 15.7 Å². The highest BCUT2D eigenvalue weighted by molar-refractivity contribution is 6.33. The van der Waals surface area contributed by atoms with Gasteiger partial charge in [-0.05, 0) is 30.2 Å². The van der Waals surface area contributed by atoms with Crippen LogP contribution in [-0.4, -0.2) is 17.4 Å². The molecule has 1 aromatic heterocycles. The molecule has 0 aliphatic carbocycles. The highest BCUT2D eigenvalue weighted by Gasteiger charge is 2.13. The molecule has 5 nitrogen and oxygen atoms in total. The highest BCUT2D eigenvalue weighted by atomic mass is 35.5. The predicted molar refractivity (Wildman–Crippen MR) is 79.5 cm³/mol. The number of pyridine rings is 1. The van der Waals surface area contributed by atoms with Gasteiger partial charge in [-0.3, -0.25) is 4.79 Å². The third-order valence-electron chi connectivity index (χ3n) is 2.85. The van der Waals surface area contributed by atoms with E-state index in [4.69, 9.17) is 17.4 Å². The zero-order valence-electron chi connectivity index (χ0n) is 11.1. The van der Waals surface area contributed by atoms with E-state index in [9.17, 15) is 9.18 Å². The normalized spacial score (nSPS) is 10.2. The second-order valence-corrected chi connectivity index (χ2v) is 4.68. The quantitative estimate of drug-likeness (QED) is 0.584. The van der Waals surface area contributed by atoms with Gasteiger partial charge in [-0.1, -0.05) is 29.8 Å². The van der Waals surface area contributed by atoms with E-state index in [1.165, 1.54) is 12.1 Å². The first-order chi connectivity index (χ1) is 10.1. The highest BCUT2D eigenvalue weighted by Crippen LogP contribution is 2.16. The fourth-order valence-corrected chi connectivity index (χ4v) is 1.97. The van der Waals surface area contributed by atoms with Crippen LogP contribution in [0.4, 0.5) is 10.2 Å². The maximum Gasteiger partial charge on any atom is 0.271 e. The van der Waals surface area contributed by atoms with E-state index < -0.39 is 5.91 Å². The molecule has 2 rings (SSSR count). The number of halogens is 2. The molecule has 1 aromatic carbocycles. The molecule has 2 aromatic rings. The van der Waals surface area contributed by atoms with Gasteiger partial charge < -0.3 is 10.7 Å². The van der Waals surface area contributed by atoms with Gasteiger partial charge in [0.15, 0.2) is 0 Å². The zero-order chi connectivity index (χ0) is 15.2. The average molecular weight is 309 g/mol. The monoisotopic (exact) mass is 308 g/mol. The van der Waals surface area contributed by atoms with Gasteiger partial charge in [-0.25, -0.2) is 15.2 Å². The smallest absolute Gasteiger partial charge is 0.271 e. The Morgan fingerprint density at radius 2 is 2.05 bits per heavy atom. The molecule has 0 saturated carbocycles. The lowest BCUT2D eigenvalue weighted by molar-refractivity contribution is 0.0949. The van der Waals surface area contributed by atoms with Gasteiger partial charge in [0.25, 0.3) is 5.91 Å². The largest absolute Gasteiger partial charge is 0.350 e. The number of carbonyl (C=O) groups is 1. The zero-order valence-corrected chi connectivity index (χ0v) is 11.8. The van der Waals surface area contributed by atoms with Crippen LogP contribution in [0.3, 0.4) is 0 Å². The summed E-state index contributed by atoms with van der Waals surface area (Å²) < 4.78 is 13.4. The van der Waals surface area contributed by atoms with Gasteiger partial charge in [-0.2, -0.15) is 0 Å². The van der Waals surface area contributed by atoms with Crippen molar-refractivity contribution in [3.63, 3.8) is 0 Å². The summed E-state index contributed by atoms with van der Waals surface area (Å²) in [5.41, 5.74) is 2.95. The molecule has 7 heteroatoms. The molecule has 21 heavy (non-hydrogen) atoms.